The number of hydrogen-bond donors (Lipinski definition) is 2. The van der Waals surface area contributed by atoms with Crippen molar-refractivity contribution in [1.29, 1.82) is 0 Å². The van der Waals surface area contributed by atoms with E-state index in [1.54, 1.807) is 14.2 Å². The standard InChI is InChI=1S/C25H31F2N3O3/c1-15-5-7-18(23(27)22(15)26)29-24(31)28-17-9-10-25(11-12-30(2)21(25)14-17)16-6-8-19(32-3)20(13-16)33-4/h5-8,13,17,21H,9-12,14H2,1-4H3,(H2,28,29,31)/t17-,21+,25+/m1/s1. The zero-order valence-corrected chi connectivity index (χ0v) is 19.5. The van der Waals surface area contributed by atoms with E-state index in [2.05, 4.69) is 34.7 Å². The summed E-state index contributed by atoms with van der Waals surface area (Å²) in [6.45, 7) is 2.44. The van der Waals surface area contributed by atoms with Gasteiger partial charge in [0, 0.05) is 17.5 Å². The Morgan fingerprint density at radius 1 is 1.09 bits per heavy atom. The molecule has 2 fully saturated rings. The molecule has 33 heavy (non-hydrogen) atoms. The van der Waals surface area contributed by atoms with Crippen molar-refractivity contribution in [3.05, 3.63) is 53.1 Å². The van der Waals surface area contributed by atoms with Crippen LogP contribution < -0.4 is 20.1 Å². The number of urea groups is 1. The Balaban J connectivity index is 1.48. The Bertz CT molecular complexity index is 1050. The Hall–Kier alpha value is -2.87. The molecule has 2 aromatic carbocycles. The van der Waals surface area contributed by atoms with Gasteiger partial charge in [0.2, 0.25) is 0 Å². The molecule has 8 heteroatoms. The van der Waals surface area contributed by atoms with Gasteiger partial charge in [-0.15, -0.1) is 0 Å². The van der Waals surface area contributed by atoms with E-state index < -0.39 is 17.7 Å². The summed E-state index contributed by atoms with van der Waals surface area (Å²) in [7, 11) is 5.38. The molecule has 0 bridgehead atoms. The minimum Gasteiger partial charge on any atom is -0.493 e. The molecule has 1 aliphatic carbocycles. The van der Waals surface area contributed by atoms with Gasteiger partial charge < -0.3 is 25.0 Å². The molecule has 6 nitrogen and oxygen atoms in total. The molecule has 4 rings (SSSR count). The lowest BCUT2D eigenvalue weighted by Crippen LogP contribution is -2.52. The Labute approximate surface area is 193 Å². The number of halogens is 2. The fourth-order valence-electron chi connectivity index (χ4n) is 5.48. The van der Waals surface area contributed by atoms with E-state index >= 15 is 0 Å². The predicted molar refractivity (Wildman–Crippen MR) is 123 cm³/mol. The van der Waals surface area contributed by atoms with Crippen molar-refractivity contribution in [1.82, 2.24) is 10.2 Å². The van der Waals surface area contributed by atoms with Crippen molar-refractivity contribution in [3.8, 4) is 11.5 Å². The van der Waals surface area contributed by atoms with Gasteiger partial charge in [-0.25, -0.2) is 13.6 Å². The first-order valence-electron chi connectivity index (χ1n) is 11.2. The van der Waals surface area contributed by atoms with E-state index in [0.29, 0.717) is 11.5 Å². The Morgan fingerprint density at radius 3 is 2.58 bits per heavy atom. The van der Waals surface area contributed by atoms with Gasteiger partial charge in [0.1, 0.15) is 0 Å². The van der Waals surface area contributed by atoms with Crippen molar-refractivity contribution >= 4 is 11.7 Å². The van der Waals surface area contributed by atoms with Crippen molar-refractivity contribution in [2.75, 3.05) is 33.1 Å². The number of ether oxygens (including phenoxy) is 2. The number of rotatable bonds is 5. The maximum Gasteiger partial charge on any atom is 0.319 e. The minimum atomic E-state index is -1.04. The van der Waals surface area contributed by atoms with Crippen LogP contribution in [0.5, 0.6) is 11.5 Å². The number of nitrogens with zero attached hydrogens (tertiary/aromatic N) is 1. The maximum atomic E-state index is 14.1. The summed E-state index contributed by atoms with van der Waals surface area (Å²) in [5.41, 5.74) is 1.22. The van der Waals surface area contributed by atoms with Gasteiger partial charge in [0.15, 0.2) is 23.1 Å². The number of benzene rings is 2. The lowest BCUT2D eigenvalue weighted by atomic mass is 9.65. The second-order valence-corrected chi connectivity index (χ2v) is 9.10. The van der Waals surface area contributed by atoms with Crippen LogP contribution in [0.15, 0.2) is 30.3 Å². The monoisotopic (exact) mass is 459 g/mol. The van der Waals surface area contributed by atoms with Crippen molar-refractivity contribution in [3.63, 3.8) is 0 Å². The van der Waals surface area contributed by atoms with E-state index in [4.69, 9.17) is 9.47 Å². The minimum absolute atomic E-state index is 0.0326. The summed E-state index contributed by atoms with van der Waals surface area (Å²) in [5, 5.41) is 5.42. The van der Waals surface area contributed by atoms with E-state index in [0.717, 1.165) is 32.2 Å². The number of methoxy groups -OCH3 is 2. The molecule has 0 aromatic heterocycles. The predicted octanol–water partition coefficient (Wildman–Crippen LogP) is 4.61. The zero-order valence-electron chi connectivity index (χ0n) is 19.5. The van der Waals surface area contributed by atoms with Crippen LogP contribution in [-0.4, -0.2) is 50.8 Å². The van der Waals surface area contributed by atoms with Gasteiger partial charge in [-0.05, 0) is 75.5 Å². The second kappa shape index (κ2) is 9.17. The van der Waals surface area contributed by atoms with Gasteiger partial charge >= 0.3 is 6.03 Å². The third kappa shape index (κ3) is 4.24. The first-order valence-corrected chi connectivity index (χ1v) is 11.2. The van der Waals surface area contributed by atoms with E-state index in [9.17, 15) is 13.6 Å². The smallest absolute Gasteiger partial charge is 0.319 e. The van der Waals surface area contributed by atoms with E-state index in [1.165, 1.54) is 24.6 Å². The highest BCUT2D eigenvalue weighted by Gasteiger charge is 2.50. The second-order valence-electron chi connectivity index (χ2n) is 9.10. The van der Waals surface area contributed by atoms with Crippen LogP contribution in [0.4, 0.5) is 19.3 Å². The largest absolute Gasteiger partial charge is 0.493 e. The average molecular weight is 460 g/mol. The van der Waals surface area contributed by atoms with Gasteiger partial charge in [-0.1, -0.05) is 12.1 Å². The zero-order chi connectivity index (χ0) is 23.8. The van der Waals surface area contributed by atoms with Crippen LogP contribution in [0.25, 0.3) is 0 Å². The highest BCUT2D eigenvalue weighted by atomic mass is 19.2. The van der Waals surface area contributed by atoms with Crippen molar-refractivity contribution in [2.24, 2.45) is 0 Å². The number of hydrogen-bond acceptors (Lipinski definition) is 4. The number of carbonyl (C=O) groups is 1. The SMILES string of the molecule is COc1ccc([C@@]23CC[C@@H](NC(=O)Nc4ccc(C)c(F)c4F)C[C@@H]2N(C)CC3)cc1OC. The molecule has 0 spiro atoms. The van der Waals surface area contributed by atoms with Crippen molar-refractivity contribution < 1.29 is 23.0 Å². The quantitative estimate of drug-likeness (QED) is 0.686. The third-order valence-corrected chi connectivity index (χ3v) is 7.34. The molecule has 1 saturated heterocycles. The summed E-state index contributed by atoms with van der Waals surface area (Å²) in [6.07, 6.45) is 3.48. The van der Waals surface area contributed by atoms with E-state index in [-0.39, 0.29) is 28.7 Å². The lowest BCUT2D eigenvalue weighted by Gasteiger charge is -2.45. The molecule has 2 amide bonds. The molecule has 178 valence electrons. The van der Waals surface area contributed by atoms with Crippen LogP contribution >= 0.6 is 0 Å². The summed E-state index contributed by atoms with van der Waals surface area (Å²) >= 11 is 0. The number of amides is 2. The number of anilines is 1. The lowest BCUT2D eigenvalue weighted by molar-refractivity contribution is 0.156. The Kier molecular flexibility index (Phi) is 6.47. The first-order chi connectivity index (χ1) is 15.8. The molecule has 1 heterocycles. The average Bonchev–Trinajstić information content (AvgIpc) is 3.16. The molecule has 0 radical (unpaired) electrons. The van der Waals surface area contributed by atoms with Crippen LogP contribution in [0.3, 0.4) is 0 Å². The molecule has 1 saturated carbocycles. The fraction of sp³-hybridized carbons (Fsp3) is 0.480. The number of likely N-dealkylation sites (N-methyl/N-ethyl adjacent to an activating group) is 1. The fourth-order valence-corrected chi connectivity index (χ4v) is 5.48. The number of likely N-dealkylation sites (tertiary alicyclic amines) is 1. The van der Waals surface area contributed by atoms with Gasteiger partial charge in [-0.3, -0.25) is 0 Å². The molecule has 2 aromatic rings. The molecule has 2 aliphatic rings. The van der Waals surface area contributed by atoms with Crippen LogP contribution in [-0.2, 0) is 5.41 Å². The third-order valence-electron chi connectivity index (χ3n) is 7.34. The first kappa shape index (κ1) is 23.3. The number of nitrogens with one attached hydrogen (secondary N) is 2. The summed E-state index contributed by atoms with van der Waals surface area (Å²) in [5.74, 6) is -0.577. The molecule has 3 atom stereocenters. The van der Waals surface area contributed by atoms with Gasteiger partial charge in [-0.2, -0.15) is 0 Å². The molecule has 0 unspecified atom stereocenters. The molecule has 2 N–H and O–H groups in total. The Morgan fingerprint density at radius 2 is 1.85 bits per heavy atom. The molecule has 1 aliphatic heterocycles. The van der Waals surface area contributed by atoms with Gasteiger partial charge in [0.05, 0.1) is 19.9 Å². The summed E-state index contributed by atoms with van der Waals surface area (Å²) in [4.78, 5) is 14.9. The van der Waals surface area contributed by atoms with Crippen LogP contribution in [0, 0.1) is 18.6 Å². The van der Waals surface area contributed by atoms with Crippen LogP contribution in [0.2, 0.25) is 0 Å². The number of fused-ring (bicyclic) bond motifs is 1. The van der Waals surface area contributed by atoms with E-state index in [1.807, 2.05) is 6.07 Å². The molecular weight excluding hydrogens is 428 g/mol. The number of aryl methyl sites for hydroxylation is 1. The highest BCUT2D eigenvalue weighted by Crippen LogP contribution is 2.49. The highest BCUT2D eigenvalue weighted by molar-refractivity contribution is 5.89. The van der Waals surface area contributed by atoms with Gasteiger partial charge in [0.25, 0.3) is 0 Å². The normalized spacial score (nSPS) is 24.8. The van der Waals surface area contributed by atoms with Crippen molar-refractivity contribution in [2.45, 2.75) is 50.1 Å². The number of carbonyl (C=O) groups excluding carboxylic acids is 1. The molecular formula is C25H31F2N3O3. The summed E-state index contributed by atoms with van der Waals surface area (Å²) in [6, 6.07) is 8.60. The summed E-state index contributed by atoms with van der Waals surface area (Å²) < 4.78 is 38.9. The topological polar surface area (TPSA) is 62.8 Å². The maximum absolute atomic E-state index is 14.1. The van der Waals surface area contributed by atoms with Crippen LogP contribution in [0.1, 0.15) is 36.8 Å².